The Morgan fingerprint density at radius 1 is 1.13 bits per heavy atom. The number of thiocarbonyl (C=S) groups is 1. The molecule has 1 aliphatic rings. The molecule has 1 N–H and O–H groups in total. The van der Waals surface area contributed by atoms with E-state index in [1.54, 1.807) is 24.3 Å². The fourth-order valence-electron chi connectivity index (χ4n) is 2.86. The lowest BCUT2D eigenvalue weighted by atomic mass is 10.1. The second kappa shape index (κ2) is 9.77. The van der Waals surface area contributed by atoms with Crippen LogP contribution in [-0.2, 0) is 4.79 Å². The zero-order chi connectivity index (χ0) is 21.7. The molecule has 1 heterocycles. The van der Waals surface area contributed by atoms with Crippen LogP contribution in [0.3, 0.4) is 0 Å². The number of benzene rings is 2. The molecule has 1 fully saturated rings. The van der Waals surface area contributed by atoms with Gasteiger partial charge < -0.3 is 9.47 Å². The number of nitrogens with zero attached hydrogens (tertiary/aromatic N) is 1. The summed E-state index contributed by atoms with van der Waals surface area (Å²) in [6, 6.07) is 12.6. The summed E-state index contributed by atoms with van der Waals surface area (Å²) in [7, 11) is 0. The van der Waals surface area contributed by atoms with Gasteiger partial charge in [-0.15, -0.1) is 0 Å². The molecule has 0 unspecified atom stereocenters. The minimum Gasteiger partial charge on any atom is -0.490 e. The number of rotatable bonds is 7. The molecule has 0 saturated carbocycles. The van der Waals surface area contributed by atoms with Crippen molar-refractivity contribution < 1.29 is 19.1 Å². The van der Waals surface area contributed by atoms with Crippen molar-refractivity contribution >= 4 is 46.2 Å². The highest BCUT2D eigenvalue weighted by Crippen LogP contribution is 2.34. The number of hydrazine groups is 1. The molecule has 1 aliphatic heterocycles. The number of thioether (sulfide) groups is 1. The van der Waals surface area contributed by atoms with Gasteiger partial charge in [0, 0.05) is 5.56 Å². The van der Waals surface area contributed by atoms with Crippen molar-refractivity contribution in [2.75, 3.05) is 13.2 Å². The summed E-state index contributed by atoms with van der Waals surface area (Å²) < 4.78 is 11.5. The van der Waals surface area contributed by atoms with Crippen molar-refractivity contribution in [3.63, 3.8) is 0 Å². The fourth-order valence-corrected chi connectivity index (χ4v) is 4.04. The second-order valence-corrected chi connectivity index (χ2v) is 8.02. The van der Waals surface area contributed by atoms with Gasteiger partial charge in [0.15, 0.2) is 15.8 Å². The number of hydrogen-bond donors (Lipinski definition) is 1. The van der Waals surface area contributed by atoms with E-state index in [-0.39, 0.29) is 16.1 Å². The molecular formula is C22H22N2O4S2. The van der Waals surface area contributed by atoms with Crippen molar-refractivity contribution in [1.82, 2.24) is 10.4 Å². The van der Waals surface area contributed by atoms with Gasteiger partial charge in [0.1, 0.15) is 0 Å². The maximum atomic E-state index is 12.8. The predicted molar refractivity (Wildman–Crippen MR) is 122 cm³/mol. The van der Waals surface area contributed by atoms with E-state index in [2.05, 4.69) is 5.43 Å². The van der Waals surface area contributed by atoms with Gasteiger partial charge in [-0.3, -0.25) is 15.0 Å². The molecule has 30 heavy (non-hydrogen) atoms. The highest BCUT2D eigenvalue weighted by molar-refractivity contribution is 8.26. The molecule has 0 atom stereocenters. The van der Waals surface area contributed by atoms with E-state index in [4.69, 9.17) is 21.7 Å². The molecule has 6 nitrogen and oxygen atoms in total. The monoisotopic (exact) mass is 442 g/mol. The molecule has 1 saturated heterocycles. The van der Waals surface area contributed by atoms with Crippen LogP contribution in [0.5, 0.6) is 11.5 Å². The van der Waals surface area contributed by atoms with Crippen LogP contribution >= 0.6 is 24.0 Å². The molecule has 8 heteroatoms. The maximum Gasteiger partial charge on any atom is 0.285 e. The Morgan fingerprint density at radius 3 is 2.53 bits per heavy atom. The number of hydrogen-bond acceptors (Lipinski definition) is 6. The normalized spacial score (nSPS) is 14.9. The van der Waals surface area contributed by atoms with Crippen LogP contribution in [0.1, 0.15) is 35.3 Å². The van der Waals surface area contributed by atoms with Gasteiger partial charge >= 0.3 is 0 Å². The third-order valence-electron chi connectivity index (χ3n) is 4.26. The highest BCUT2D eigenvalue weighted by Gasteiger charge is 2.34. The molecule has 3 rings (SSSR count). The number of aryl methyl sites for hydroxylation is 1. The first kappa shape index (κ1) is 21.9. The van der Waals surface area contributed by atoms with Crippen molar-refractivity contribution in [3.05, 3.63) is 64.1 Å². The zero-order valence-electron chi connectivity index (χ0n) is 16.9. The zero-order valence-corrected chi connectivity index (χ0v) is 18.6. The fraction of sp³-hybridized carbons (Fsp3) is 0.227. The molecule has 2 aromatic carbocycles. The Morgan fingerprint density at radius 2 is 1.83 bits per heavy atom. The Kier molecular flexibility index (Phi) is 7.12. The summed E-state index contributed by atoms with van der Waals surface area (Å²) in [6.07, 6.45) is 1.72. The largest absolute Gasteiger partial charge is 0.490 e. The van der Waals surface area contributed by atoms with Crippen molar-refractivity contribution in [1.29, 1.82) is 0 Å². The first-order valence-electron chi connectivity index (χ1n) is 9.48. The van der Waals surface area contributed by atoms with Crippen LogP contribution in [0.2, 0.25) is 0 Å². The van der Waals surface area contributed by atoms with Gasteiger partial charge in [-0.2, -0.15) is 5.01 Å². The van der Waals surface area contributed by atoms with E-state index in [1.807, 2.05) is 45.0 Å². The molecule has 0 aromatic heterocycles. The molecule has 0 aliphatic carbocycles. The van der Waals surface area contributed by atoms with Gasteiger partial charge in [0.05, 0.1) is 18.1 Å². The summed E-state index contributed by atoms with van der Waals surface area (Å²) in [5.74, 6) is 0.495. The van der Waals surface area contributed by atoms with Gasteiger partial charge in [-0.25, -0.2) is 0 Å². The van der Waals surface area contributed by atoms with E-state index in [1.165, 1.54) is 0 Å². The first-order chi connectivity index (χ1) is 14.4. The summed E-state index contributed by atoms with van der Waals surface area (Å²) in [5, 5.41) is 1.11. The topological polar surface area (TPSA) is 67.9 Å². The van der Waals surface area contributed by atoms with E-state index < -0.39 is 0 Å². The molecule has 2 aromatic rings. The smallest absolute Gasteiger partial charge is 0.285 e. The van der Waals surface area contributed by atoms with Gasteiger partial charge in [0.25, 0.3) is 11.8 Å². The molecular weight excluding hydrogens is 420 g/mol. The van der Waals surface area contributed by atoms with Crippen LogP contribution in [0.25, 0.3) is 6.08 Å². The average molecular weight is 443 g/mol. The quantitative estimate of drug-likeness (QED) is 0.508. The summed E-state index contributed by atoms with van der Waals surface area (Å²) in [6.45, 7) is 6.65. The minimum absolute atomic E-state index is 0.268. The Labute approximate surface area is 185 Å². The first-order valence-corrected chi connectivity index (χ1v) is 10.7. The Bertz CT molecular complexity index is 1020. The van der Waals surface area contributed by atoms with Crippen LogP contribution < -0.4 is 14.9 Å². The predicted octanol–water partition coefficient (Wildman–Crippen LogP) is 4.34. The van der Waals surface area contributed by atoms with Crippen LogP contribution in [-0.4, -0.2) is 34.4 Å². The SMILES string of the molecule is CCOc1ccc(/C=C2\SC(=S)N(NC(=O)c3ccccc3C)C2=O)cc1OCC. The molecule has 0 bridgehead atoms. The maximum absolute atomic E-state index is 12.8. The number of ether oxygens (including phenoxy) is 2. The summed E-state index contributed by atoms with van der Waals surface area (Å²) >= 11 is 6.44. The lowest BCUT2D eigenvalue weighted by Crippen LogP contribution is -2.45. The number of amides is 2. The van der Waals surface area contributed by atoms with Crippen molar-refractivity contribution in [2.45, 2.75) is 20.8 Å². The van der Waals surface area contributed by atoms with E-state index >= 15 is 0 Å². The van der Waals surface area contributed by atoms with Crippen molar-refractivity contribution in [3.8, 4) is 11.5 Å². The molecule has 156 valence electrons. The van der Waals surface area contributed by atoms with Gasteiger partial charge in [-0.1, -0.05) is 36.0 Å². The number of nitrogens with one attached hydrogen (secondary N) is 1. The van der Waals surface area contributed by atoms with E-state index in [0.717, 1.165) is 27.9 Å². The van der Waals surface area contributed by atoms with E-state index in [9.17, 15) is 9.59 Å². The number of carbonyl (C=O) groups is 2. The van der Waals surface area contributed by atoms with Crippen LogP contribution in [0.15, 0.2) is 47.4 Å². The second-order valence-electron chi connectivity index (χ2n) is 6.35. The lowest BCUT2D eigenvalue weighted by Gasteiger charge is -2.16. The van der Waals surface area contributed by atoms with Gasteiger partial charge in [0.2, 0.25) is 0 Å². The van der Waals surface area contributed by atoms with Crippen LogP contribution in [0, 0.1) is 6.92 Å². The summed E-state index contributed by atoms with van der Waals surface area (Å²) in [4.78, 5) is 25.8. The average Bonchev–Trinajstić information content (AvgIpc) is 2.98. The highest BCUT2D eigenvalue weighted by atomic mass is 32.2. The Balaban J connectivity index is 1.80. The lowest BCUT2D eigenvalue weighted by molar-refractivity contribution is -0.123. The van der Waals surface area contributed by atoms with Gasteiger partial charge in [-0.05, 0) is 68.4 Å². The number of carbonyl (C=O) groups excluding carboxylic acids is 2. The standard InChI is InChI=1S/C22H22N2O4S2/c1-4-27-17-11-10-15(12-18(17)28-5-2)13-19-21(26)24(22(29)30-19)23-20(25)16-9-7-6-8-14(16)3/h6-13H,4-5H2,1-3H3,(H,23,25)/b19-13-. The van der Waals surface area contributed by atoms with Crippen LogP contribution in [0.4, 0.5) is 0 Å². The van der Waals surface area contributed by atoms with E-state index in [0.29, 0.717) is 35.2 Å². The summed E-state index contributed by atoms with van der Waals surface area (Å²) in [5.41, 5.74) is 4.68. The minimum atomic E-state index is -0.384. The Hall–Kier alpha value is -2.84. The molecule has 0 radical (unpaired) electrons. The van der Waals surface area contributed by atoms with Crippen molar-refractivity contribution in [2.24, 2.45) is 0 Å². The molecule has 2 amide bonds. The molecule has 0 spiro atoms. The third-order valence-corrected chi connectivity index (χ3v) is 5.56. The third kappa shape index (κ3) is 4.83.